The molecule has 20 heavy (non-hydrogen) atoms. The highest BCUT2D eigenvalue weighted by Gasteiger charge is 2.30. The second kappa shape index (κ2) is 5.58. The first-order chi connectivity index (χ1) is 9.61. The number of aryl methyl sites for hydroxylation is 2. The summed E-state index contributed by atoms with van der Waals surface area (Å²) < 4.78 is 5.57. The Morgan fingerprint density at radius 2 is 1.95 bits per heavy atom. The zero-order valence-electron chi connectivity index (χ0n) is 11.8. The summed E-state index contributed by atoms with van der Waals surface area (Å²) in [6, 6.07) is 8.75. The highest BCUT2D eigenvalue weighted by molar-refractivity contribution is 6.30. The molecule has 3 nitrogen and oxygen atoms in total. The van der Waals surface area contributed by atoms with Gasteiger partial charge in [-0.1, -0.05) is 23.7 Å². The number of benzene rings is 1. The SMILES string of the molecule is Cc1nc(CNC2CC(c3ccc(Cl)cc3)C2)oc1C. The van der Waals surface area contributed by atoms with E-state index in [0.29, 0.717) is 18.5 Å². The van der Waals surface area contributed by atoms with E-state index in [-0.39, 0.29) is 0 Å². The van der Waals surface area contributed by atoms with Crippen molar-refractivity contribution in [2.75, 3.05) is 0 Å². The number of halogens is 1. The molecule has 1 fully saturated rings. The second-order valence-electron chi connectivity index (χ2n) is 5.55. The highest BCUT2D eigenvalue weighted by atomic mass is 35.5. The summed E-state index contributed by atoms with van der Waals surface area (Å²) in [6.07, 6.45) is 2.33. The molecular formula is C16H19ClN2O. The molecule has 3 rings (SSSR count). The van der Waals surface area contributed by atoms with Crippen LogP contribution in [-0.4, -0.2) is 11.0 Å². The standard InChI is InChI=1S/C16H19ClN2O/c1-10-11(2)20-16(19-10)9-18-15-7-13(8-15)12-3-5-14(17)6-4-12/h3-6,13,15,18H,7-9H2,1-2H3. The molecule has 0 aliphatic heterocycles. The Morgan fingerprint density at radius 3 is 2.55 bits per heavy atom. The molecule has 1 N–H and O–H groups in total. The van der Waals surface area contributed by atoms with Gasteiger partial charge in [-0.05, 0) is 50.3 Å². The van der Waals surface area contributed by atoms with Crippen molar-refractivity contribution in [3.8, 4) is 0 Å². The van der Waals surface area contributed by atoms with Gasteiger partial charge in [0.15, 0.2) is 0 Å². The topological polar surface area (TPSA) is 38.1 Å². The van der Waals surface area contributed by atoms with E-state index >= 15 is 0 Å². The van der Waals surface area contributed by atoms with E-state index in [9.17, 15) is 0 Å². The van der Waals surface area contributed by atoms with E-state index in [4.69, 9.17) is 16.0 Å². The monoisotopic (exact) mass is 290 g/mol. The first-order valence-corrected chi connectivity index (χ1v) is 7.41. The summed E-state index contributed by atoms with van der Waals surface area (Å²) in [6.45, 7) is 4.64. The Balaban J connectivity index is 1.47. The summed E-state index contributed by atoms with van der Waals surface area (Å²) in [4.78, 5) is 4.38. The normalized spacial score (nSPS) is 21.8. The van der Waals surface area contributed by atoms with Crippen LogP contribution in [0.1, 0.15) is 41.7 Å². The fourth-order valence-corrected chi connectivity index (χ4v) is 2.76. The van der Waals surface area contributed by atoms with E-state index < -0.39 is 0 Å². The van der Waals surface area contributed by atoms with E-state index in [1.54, 1.807) is 0 Å². The quantitative estimate of drug-likeness (QED) is 0.925. The van der Waals surface area contributed by atoms with Gasteiger partial charge >= 0.3 is 0 Å². The van der Waals surface area contributed by atoms with Gasteiger partial charge < -0.3 is 9.73 Å². The Labute approximate surface area is 124 Å². The predicted octanol–water partition coefficient (Wildman–Crippen LogP) is 3.98. The smallest absolute Gasteiger partial charge is 0.208 e. The average molecular weight is 291 g/mol. The van der Waals surface area contributed by atoms with Crippen LogP contribution in [0.25, 0.3) is 0 Å². The predicted molar refractivity (Wildman–Crippen MR) is 80.0 cm³/mol. The molecule has 4 heteroatoms. The van der Waals surface area contributed by atoms with Crippen LogP contribution in [0.4, 0.5) is 0 Å². The molecule has 0 bridgehead atoms. The maximum atomic E-state index is 5.91. The van der Waals surface area contributed by atoms with Crippen LogP contribution in [0, 0.1) is 13.8 Å². The fourth-order valence-electron chi connectivity index (χ4n) is 2.64. The molecule has 0 saturated heterocycles. The van der Waals surface area contributed by atoms with Crippen molar-refractivity contribution in [2.24, 2.45) is 0 Å². The van der Waals surface area contributed by atoms with Gasteiger partial charge in [0, 0.05) is 11.1 Å². The third-order valence-electron chi connectivity index (χ3n) is 4.09. The molecule has 0 radical (unpaired) electrons. The Kier molecular flexibility index (Phi) is 3.81. The number of hydrogen-bond donors (Lipinski definition) is 1. The van der Waals surface area contributed by atoms with Gasteiger partial charge in [0.1, 0.15) is 5.76 Å². The van der Waals surface area contributed by atoms with Gasteiger partial charge in [0.25, 0.3) is 0 Å². The number of oxazole rings is 1. The van der Waals surface area contributed by atoms with Crippen molar-refractivity contribution in [1.82, 2.24) is 10.3 Å². The lowest BCUT2D eigenvalue weighted by atomic mass is 9.76. The fraction of sp³-hybridized carbons (Fsp3) is 0.438. The number of hydrogen-bond acceptors (Lipinski definition) is 3. The van der Waals surface area contributed by atoms with E-state index in [2.05, 4.69) is 22.4 Å². The molecule has 2 aromatic rings. The summed E-state index contributed by atoms with van der Waals surface area (Å²) in [7, 11) is 0. The van der Waals surface area contributed by atoms with Crippen molar-refractivity contribution in [1.29, 1.82) is 0 Å². The van der Waals surface area contributed by atoms with Gasteiger partial charge in [-0.15, -0.1) is 0 Å². The van der Waals surface area contributed by atoms with E-state index in [1.807, 2.05) is 26.0 Å². The molecule has 1 aromatic heterocycles. The van der Waals surface area contributed by atoms with Crippen molar-refractivity contribution >= 4 is 11.6 Å². The average Bonchev–Trinajstić information content (AvgIpc) is 2.69. The molecule has 0 atom stereocenters. The van der Waals surface area contributed by atoms with Gasteiger partial charge in [-0.3, -0.25) is 0 Å². The number of aromatic nitrogens is 1. The van der Waals surface area contributed by atoms with Crippen LogP contribution in [-0.2, 0) is 6.54 Å². The van der Waals surface area contributed by atoms with Crippen LogP contribution >= 0.6 is 11.6 Å². The third-order valence-corrected chi connectivity index (χ3v) is 4.35. The van der Waals surface area contributed by atoms with Gasteiger partial charge in [-0.2, -0.15) is 0 Å². The van der Waals surface area contributed by atoms with Crippen LogP contribution in [0.15, 0.2) is 28.7 Å². The molecule has 106 valence electrons. The molecular weight excluding hydrogens is 272 g/mol. The van der Waals surface area contributed by atoms with Crippen LogP contribution in [0.2, 0.25) is 5.02 Å². The third kappa shape index (κ3) is 2.89. The van der Waals surface area contributed by atoms with Crippen molar-refractivity contribution in [3.63, 3.8) is 0 Å². The minimum atomic E-state index is 0.559. The molecule has 1 heterocycles. The van der Waals surface area contributed by atoms with Crippen molar-refractivity contribution < 1.29 is 4.42 Å². The van der Waals surface area contributed by atoms with Gasteiger partial charge in [-0.25, -0.2) is 4.98 Å². The molecule has 1 saturated carbocycles. The second-order valence-corrected chi connectivity index (χ2v) is 5.98. The summed E-state index contributed by atoms with van der Waals surface area (Å²) in [5, 5.41) is 4.31. The highest BCUT2D eigenvalue weighted by Crippen LogP contribution is 2.37. The maximum absolute atomic E-state index is 5.91. The van der Waals surface area contributed by atoms with Crippen LogP contribution in [0.5, 0.6) is 0 Å². The number of rotatable bonds is 4. The minimum Gasteiger partial charge on any atom is -0.444 e. The largest absolute Gasteiger partial charge is 0.444 e. The Hall–Kier alpha value is -1.32. The lowest BCUT2D eigenvalue weighted by Crippen LogP contribution is -2.39. The number of nitrogens with one attached hydrogen (secondary N) is 1. The van der Waals surface area contributed by atoms with Gasteiger partial charge in [0.2, 0.25) is 5.89 Å². The summed E-state index contributed by atoms with van der Waals surface area (Å²) in [5.41, 5.74) is 2.37. The van der Waals surface area contributed by atoms with Crippen molar-refractivity contribution in [2.45, 2.75) is 45.2 Å². The van der Waals surface area contributed by atoms with E-state index in [0.717, 1.165) is 22.4 Å². The lowest BCUT2D eigenvalue weighted by Gasteiger charge is -2.36. The zero-order chi connectivity index (χ0) is 14.1. The number of nitrogens with zero attached hydrogens (tertiary/aromatic N) is 1. The molecule has 1 aromatic carbocycles. The molecule has 1 aliphatic carbocycles. The first-order valence-electron chi connectivity index (χ1n) is 7.03. The summed E-state index contributed by atoms with van der Waals surface area (Å²) in [5.74, 6) is 2.35. The van der Waals surface area contributed by atoms with Crippen molar-refractivity contribution in [3.05, 3.63) is 52.2 Å². The first kappa shape index (κ1) is 13.7. The van der Waals surface area contributed by atoms with Crippen LogP contribution < -0.4 is 5.32 Å². The molecule has 0 amide bonds. The van der Waals surface area contributed by atoms with E-state index in [1.165, 1.54) is 18.4 Å². The summed E-state index contributed by atoms with van der Waals surface area (Å²) >= 11 is 5.91. The maximum Gasteiger partial charge on any atom is 0.208 e. The molecule has 1 aliphatic rings. The Bertz CT molecular complexity index is 566. The molecule has 0 spiro atoms. The van der Waals surface area contributed by atoms with Gasteiger partial charge in [0.05, 0.1) is 12.2 Å². The van der Waals surface area contributed by atoms with Crippen LogP contribution in [0.3, 0.4) is 0 Å². The molecule has 0 unspecified atom stereocenters. The zero-order valence-corrected chi connectivity index (χ0v) is 12.6. The lowest BCUT2D eigenvalue weighted by molar-refractivity contribution is 0.279. The Morgan fingerprint density at radius 1 is 1.25 bits per heavy atom. The minimum absolute atomic E-state index is 0.559.